The molecule has 8 N–H and O–H groups in total. The fraction of sp³-hybridized carbons (Fsp3) is 0.333. The van der Waals surface area contributed by atoms with Crippen molar-refractivity contribution < 1.29 is 48.6 Å². The van der Waals surface area contributed by atoms with Crippen molar-refractivity contribution in [1.29, 1.82) is 0 Å². The summed E-state index contributed by atoms with van der Waals surface area (Å²) in [6.07, 6.45) is -1.40. The summed E-state index contributed by atoms with van der Waals surface area (Å²) < 4.78 is 5.53. The number of hydrogen-bond donors (Lipinski definition) is 7. The molecule has 0 saturated carbocycles. The summed E-state index contributed by atoms with van der Waals surface area (Å²) in [5.41, 5.74) is 6.73. The van der Waals surface area contributed by atoms with E-state index in [1.54, 1.807) is 30.3 Å². The highest BCUT2D eigenvalue weighted by Crippen LogP contribution is 2.29. The Labute approximate surface area is 304 Å². The van der Waals surface area contributed by atoms with E-state index in [1.807, 2.05) is 13.8 Å². The number of carbonyl (C=O) groups is 6. The van der Waals surface area contributed by atoms with Crippen molar-refractivity contribution in [3.63, 3.8) is 0 Å². The largest absolute Gasteiger partial charge is 0.480 e. The minimum Gasteiger partial charge on any atom is -0.480 e. The Morgan fingerprint density at radius 2 is 1.34 bits per heavy atom. The number of nitro groups is 1. The van der Waals surface area contributed by atoms with Crippen molar-refractivity contribution in [2.24, 2.45) is 11.7 Å². The van der Waals surface area contributed by atoms with Crippen LogP contribution in [0, 0.1) is 16.0 Å². The molecule has 53 heavy (non-hydrogen) atoms. The summed E-state index contributed by atoms with van der Waals surface area (Å²) in [5, 5.41) is 40.3. The zero-order chi connectivity index (χ0) is 39.1. The first kappa shape index (κ1) is 41.1. The highest BCUT2D eigenvalue weighted by atomic mass is 16.6. The second-order valence-electron chi connectivity index (χ2n) is 12.4. The molecule has 0 aliphatic heterocycles. The Bertz CT molecular complexity index is 1770. The number of amides is 4. The first-order valence-corrected chi connectivity index (χ1v) is 16.5. The quantitative estimate of drug-likeness (QED) is 0.0639. The molecule has 3 rings (SSSR count). The maximum atomic E-state index is 13.1. The van der Waals surface area contributed by atoms with Crippen LogP contribution in [0.2, 0.25) is 0 Å². The fourth-order valence-corrected chi connectivity index (χ4v) is 5.12. The zero-order valence-corrected chi connectivity index (χ0v) is 29.0. The molecule has 282 valence electrons. The van der Waals surface area contributed by atoms with E-state index in [4.69, 9.17) is 10.5 Å². The number of nitrogens with two attached hydrogens (primary N) is 1. The van der Waals surface area contributed by atoms with Gasteiger partial charge in [0, 0.05) is 12.5 Å². The van der Waals surface area contributed by atoms with E-state index in [1.165, 1.54) is 48.5 Å². The second-order valence-corrected chi connectivity index (χ2v) is 12.4. The zero-order valence-electron chi connectivity index (χ0n) is 29.0. The van der Waals surface area contributed by atoms with Gasteiger partial charge in [-0.1, -0.05) is 68.4 Å². The third-order valence-corrected chi connectivity index (χ3v) is 7.74. The number of benzene rings is 3. The Balaban J connectivity index is 1.50. The van der Waals surface area contributed by atoms with E-state index in [0.717, 1.165) is 0 Å². The monoisotopic (exact) mass is 734 g/mol. The molecule has 0 fully saturated rings. The summed E-state index contributed by atoms with van der Waals surface area (Å²) in [6.45, 7) is 2.57. The van der Waals surface area contributed by atoms with Gasteiger partial charge in [-0.15, -0.1) is 0 Å². The molecule has 0 spiro atoms. The number of ether oxygens (including phenoxy) is 1. The number of nitrogens with one attached hydrogen (secondary N) is 4. The minimum atomic E-state index is -1.66. The van der Waals surface area contributed by atoms with Gasteiger partial charge in [-0.05, 0) is 48.1 Å². The number of aliphatic carboxylic acids is 2. The third kappa shape index (κ3) is 13.4. The van der Waals surface area contributed by atoms with Crippen LogP contribution in [-0.2, 0) is 41.6 Å². The number of hydrogen-bond acceptors (Lipinski definition) is 10. The lowest BCUT2D eigenvalue weighted by atomic mass is 10.0. The smallest absolute Gasteiger partial charge is 0.349 e. The maximum Gasteiger partial charge on any atom is 0.349 e. The molecule has 3 aromatic carbocycles. The topological polar surface area (TPSA) is 269 Å². The molecule has 0 aromatic heterocycles. The number of nitrogens with zero attached hydrogens (tertiary/aromatic N) is 1. The molecule has 0 saturated heterocycles. The van der Waals surface area contributed by atoms with Gasteiger partial charge in [0.15, 0.2) is 0 Å². The molecule has 3 aromatic rings. The fourth-order valence-electron chi connectivity index (χ4n) is 5.12. The number of nitro benzene ring substituents is 1. The molecular formula is C36H42N6O11. The van der Waals surface area contributed by atoms with Crippen LogP contribution in [0.4, 0.5) is 5.69 Å². The van der Waals surface area contributed by atoms with E-state index in [0.29, 0.717) is 11.1 Å². The van der Waals surface area contributed by atoms with Crippen LogP contribution in [0.15, 0.2) is 78.9 Å². The lowest BCUT2D eigenvalue weighted by Crippen LogP contribution is -2.54. The first-order valence-electron chi connectivity index (χ1n) is 16.5. The van der Waals surface area contributed by atoms with Gasteiger partial charge in [0.1, 0.15) is 17.8 Å². The Hall–Kier alpha value is -6.36. The molecule has 0 aliphatic carbocycles. The number of para-hydroxylation sites is 1. The van der Waals surface area contributed by atoms with Gasteiger partial charge in [-0.2, -0.15) is 0 Å². The molecular weight excluding hydrogens is 692 g/mol. The highest BCUT2D eigenvalue weighted by molar-refractivity contribution is 5.93. The number of rotatable bonds is 20. The average Bonchev–Trinajstić information content (AvgIpc) is 3.12. The van der Waals surface area contributed by atoms with Gasteiger partial charge < -0.3 is 42.0 Å². The molecule has 0 heterocycles. The lowest BCUT2D eigenvalue weighted by molar-refractivity contribution is -0.386. The number of carbonyl (C=O) groups excluding carboxylic acids is 4. The predicted octanol–water partition coefficient (Wildman–Crippen LogP) is 1.24. The van der Waals surface area contributed by atoms with Crippen molar-refractivity contribution in [1.82, 2.24) is 21.3 Å². The molecule has 17 nitrogen and oxygen atoms in total. The van der Waals surface area contributed by atoms with Crippen molar-refractivity contribution >= 4 is 41.3 Å². The van der Waals surface area contributed by atoms with Crippen LogP contribution in [0.3, 0.4) is 0 Å². The van der Waals surface area contributed by atoms with E-state index in [9.17, 15) is 49.1 Å². The van der Waals surface area contributed by atoms with Gasteiger partial charge in [0.2, 0.25) is 29.7 Å². The molecule has 4 amide bonds. The summed E-state index contributed by atoms with van der Waals surface area (Å²) in [5.74, 6) is -5.39. The SMILES string of the molecule is CC(C)C[C@H](NC(=O)[C@H](Cc1ccccc1)NC(=O)CNC(=O)CNC(=O)[C@@H](N)Cc1ccc(OC(C(=O)O)c2ccccc2[N+](=O)[O-])cc1)C(=O)O. The Morgan fingerprint density at radius 3 is 1.94 bits per heavy atom. The van der Waals surface area contributed by atoms with Crippen LogP contribution in [-0.4, -0.2) is 81.9 Å². The van der Waals surface area contributed by atoms with Gasteiger partial charge in [0.05, 0.1) is 29.6 Å². The third-order valence-electron chi connectivity index (χ3n) is 7.74. The van der Waals surface area contributed by atoms with Crippen LogP contribution in [0.1, 0.15) is 43.1 Å². The maximum absolute atomic E-state index is 13.1. The van der Waals surface area contributed by atoms with Crippen LogP contribution in [0.25, 0.3) is 0 Å². The normalized spacial score (nSPS) is 13.1. The molecule has 17 heteroatoms. The summed E-state index contributed by atoms with van der Waals surface area (Å²) in [7, 11) is 0. The number of carboxylic acids is 2. The van der Waals surface area contributed by atoms with E-state index in [-0.39, 0.29) is 36.5 Å². The Kier molecular flexibility index (Phi) is 15.4. The van der Waals surface area contributed by atoms with E-state index in [2.05, 4.69) is 21.3 Å². The van der Waals surface area contributed by atoms with Crippen LogP contribution < -0.4 is 31.7 Å². The van der Waals surface area contributed by atoms with Gasteiger partial charge in [0.25, 0.3) is 5.69 Å². The van der Waals surface area contributed by atoms with Crippen molar-refractivity contribution in [3.05, 3.63) is 106 Å². The minimum absolute atomic E-state index is 0.0208. The summed E-state index contributed by atoms with van der Waals surface area (Å²) >= 11 is 0. The average molecular weight is 735 g/mol. The van der Waals surface area contributed by atoms with Crippen molar-refractivity contribution in [3.8, 4) is 5.75 Å². The molecule has 1 unspecified atom stereocenters. The Morgan fingerprint density at radius 1 is 0.736 bits per heavy atom. The van der Waals surface area contributed by atoms with Gasteiger partial charge in [-0.25, -0.2) is 9.59 Å². The van der Waals surface area contributed by atoms with Crippen LogP contribution in [0.5, 0.6) is 5.75 Å². The number of carboxylic acid groups (broad SMARTS) is 2. The highest BCUT2D eigenvalue weighted by Gasteiger charge is 2.30. The molecule has 0 aliphatic rings. The van der Waals surface area contributed by atoms with Gasteiger partial charge >= 0.3 is 11.9 Å². The predicted molar refractivity (Wildman–Crippen MR) is 189 cm³/mol. The summed E-state index contributed by atoms with van der Waals surface area (Å²) in [6, 6.07) is 16.6. The lowest BCUT2D eigenvalue weighted by Gasteiger charge is -2.22. The van der Waals surface area contributed by atoms with E-state index < -0.39 is 83.5 Å². The summed E-state index contributed by atoms with van der Waals surface area (Å²) in [4.78, 5) is 85.0. The first-order chi connectivity index (χ1) is 25.1. The van der Waals surface area contributed by atoms with Crippen molar-refractivity contribution in [2.45, 2.75) is 57.3 Å². The van der Waals surface area contributed by atoms with E-state index >= 15 is 0 Å². The second kappa shape index (κ2) is 19.9. The van der Waals surface area contributed by atoms with Gasteiger partial charge in [-0.3, -0.25) is 29.3 Å². The van der Waals surface area contributed by atoms with Crippen molar-refractivity contribution in [2.75, 3.05) is 13.1 Å². The molecule has 0 bridgehead atoms. The standard InChI is InChI=1S/C36H42N6O11/c1-21(2)16-28(35(47)48)41-34(46)27(18-22-8-4-3-5-9-22)40-31(44)20-38-30(43)19-39-33(45)26(37)17-23-12-14-24(15-13-23)53-32(36(49)50)25-10-6-7-11-29(25)42(51)52/h3-15,21,26-28,32H,16-20,37H2,1-2H3,(H,38,43)(H,39,45)(H,40,44)(H,41,46)(H,47,48)(H,49,50)/t26-,27-,28-,32?/m0/s1. The molecule has 4 atom stereocenters. The van der Waals surface area contributed by atoms with Crippen LogP contribution >= 0.6 is 0 Å². The molecule has 0 radical (unpaired) electrons.